The fraction of sp³-hybridized carbons (Fsp3) is 0.150. The Kier molecular flexibility index (Phi) is 5.90. The molecule has 0 aliphatic carbocycles. The van der Waals surface area contributed by atoms with Gasteiger partial charge in [0.15, 0.2) is 17.2 Å². The molecule has 0 radical (unpaired) electrons. The van der Waals surface area contributed by atoms with Gasteiger partial charge in [-0.3, -0.25) is 4.79 Å². The van der Waals surface area contributed by atoms with E-state index in [9.17, 15) is 9.59 Å². The number of esters is 1. The number of methoxy groups -OCH3 is 2. The van der Waals surface area contributed by atoms with E-state index in [1.165, 1.54) is 11.3 Å². The molecule has 2 aromatic carbocycles. The molecule has 144 valence electrons. The van der Waals surface area contributed by atoms with Crippen LogP contribution in [0.5, 0.6) is 11.5 Å². The maximum Gasteiger partial charge on any atom is 0.358 e. The van der Waals surface area contributed by atoms with Crippen molar-refractivity contribution in [3.05, 3.63) is 64.7 Å². The van der Waals surface area contributed by atoms with E-state index in [4.69, 9.17) is 19.9 Å². The summed E-state index contributed by atoms with van der Waals surface area (Å²) in [6, 6.07) is 12.0. The van der Waals surface area contributed by atoms with Crippen LogP contribution in [0, 0.1) is 0 Å². The maximum atomic E-state index is 12.3. The van der Waals surface area contributed by atoms with Crippen LogP contribution in [0.1, 0.15) is 26.4 Å². The van der Waals surface area contributed by atoms with Crippen LogP contribution in [0.2, 0.25) is 0 Å². The van der Waals surface area contributed by atoms with E-state index < -0.39 is 11.9 Å². The number of ether oxygens (including phenoxy) is 3. The van der Waals surface area contributed by atoms with Gasteiger partial charge in [0.05, 0.1) is 14.2 Å². The zero-order valence-corrected chi connectivity index (χ0v) is 16.1. The Bertz CT molecular complexity index is 998. The van der Waals surface area contributed by atoms with Gasteiger partial charge in [-0.15, -0.1) is 11.3 Å². The van der Waals surface area contributed by atoms with Gasteiger partial charge in [-0.25, -0.2) is 9.78 Å². The Morgan fingerprint density at radius 1 is 1.04 bits per heavy atom. The number of hydrogen-bond acceptors (Lipinski definition) is 7. The van der Waals surface area contributed by atoms with Crippen molar-refractivity contribution in [1.29, 1.82) is 0 Å². The van der Waals surface area contributed by atoms with Crippen molar-refractivity contribution in [2.75, 3.05) is 14.2 Å². The summed E-state index contributed by atoms with van der Waals surface area (Å²) in [5.41, 5.74) is 7.38. The molecule has 3 rings (SSSR count). The van der Waals surface area contributed by atoms with Gasteiger partial charge in [-0.1, -0.05) is 12.1 Å². The number of hydrogen-bond donors (Lipinski definition) is 1. The first-order chi connectivity index (χ1) is 13.5. The van der Waals surface area contributed by atoms with Gasteiger partial charge in [-0.2, -0.15) is 0 Å². The third-order valence-electron chi connectivity index (χ3n) is 3.95. The zero-order chi connectivity index (χ0) is 20.1. The second-order valence-electron chi connectivity index (χ2n) is 5.74. The van der Waals surface area contributed by atoms with Gasteiger partial charge in [0, 0.05) is 16.5 Å². The summed E-state index contributed by atoms with van der Waals surface area (Å²) < 4.78 is 15.8. The molecule has 0 aliphatic heterocycles. The smallest absolute Gasteiger partial charge is 0.358 e. The number of carbonyl (C=O) groups is 2. The van der Waals surface area contributed by atoms with Crippen molar-refractivity contribution in [1.82, 2.24) is 4.98 Å². The minimum Gasteiger partial charge on any atom is -0.493 e. The van der Waals surface area contributed by atoms with Gasteiger partial charge in [0.2, 0.25) is 5.91 Å². The predicted molar refractivity (Wildman–Crippen MR) is 105 cm³/mol. The lowest BCUT2D eigenvalue weighted by atomic mass is 10.1. The molecule has 0 unspecified atom stereocenters. The highest BCUT2D eigenvalue weighted by Crippen LogP contribution is 2.33. The first-order valence-corrected chi connectivity index (χ1v) is 9.13. The normalized spacial score (nSPS) is 10.4. The molecule has 0 atom stereocenters. The van der Waals surface area contributed by atoms with Crippen molar-refractivity contribution in [3.8, 4) is 22.1 Å². The summed E-state index contributed by atoms with van der Waals surface area (Å²) in [6.45, 7) is 0.0705. The summed E-state index contributed by atoms with van der Waals surface area (Å²) in [5.74, 6) is 0.166. The van der Waals surface area contributed by atoms with Gasteiger partial charge in [0.1, 0.15) is 11.6 Å². The molecule has 8 heteroatoms. The van der Waals surface area contributed by atoms with Gasteiger partial charge in [0.25, 0.3) is 0 Å². The second-order valence-corrected chi connectivity index (χ2v) is 6.60. The number of nitrogens with zero attached hydrogens (tertiary/aromatic N) is 1. The highest BCUT2D eigenvalue weighted by Gasteiger charge is 2.15. The molecule has 2 N–H and O–H groups in total. The molecule has 0 saturated carbocycles. The van der Waals surface area contributed by atoms with Gasteiger partial charge < -0.3 is 19.9 Å². The van der Waals surface area contributed by atoms with Crippen LogP contribution in [-0.4, -0.2) is 31.1 Å². The first-order valence-electron chi connectivity index (χ1n) is 8.25. The van der Waals surface area contributed by atoms with E-state index in [1.54, 1.807) is 56.0 Å². The third kappa shape index (κ3) is 4.29. The van der Waals surface area contributed by atoms with Crippen LogP contribution >= 0.6 is 11.3 Å². The van der Waals surface area contributed by atoms with Gasteiger partial charge >= 0.3 is 5.97 Å². The highest BCUT2D eigenvalue weighted by molar-refractivity contribution is 7.13. The van der Waals surface area contributed by atoms with Crippen LogP contribution in [0.3, 0.4) is 0 Å². The van der Waals surface area contributed by atoms with E-state index in [1.807, 2.05) is 6.07 Å². The number of aromatic nitrogens is 1. The van der Waals surface area contributed by atoms with E-state index in [0.717, 1.165) is 11.1 Å². The molecule has 0 saturated heterocycles. The highest BCUT2D eigenvalue weighted by atomic mass is 32.1. The molecule has 7 nitrogen and oxygen atoms in total. The average molecular weight is 398 g/mol. The SMILES string of the molecule is COc1ccc(-c2nc(C(=O)OCc3ccc(C(N)=O)cc3)cs2)cc1OC. The number of nitrogens with two attached hydrogens (primary N) is 1. The number of rotatable bonds is 7. The van der Waals surface area contributed by atoms with E-state index in [-0.39, 0.29) is 12.3 Å². The second kappa shape index (κ2) is 8.53. The zero-order valence-electron chi connectivity index (χ0n) is 15.3. The van der Waals surface area contributed by atoms with E-state index in [2.05, 4.69) is 4.98 Å². The average Bonchev–Trinajstić information content (AvgIpc) is 3.22. The van der Waals surface area contributed by atoms with Crippen LogP contribution in [0.15, 0.2) is 47.8 Å². The number of primary amides is 1. The molecule has 0 bridgehead atoms. The minimum atomic E-state index is -0.526. The minimum absolute atomic E-state index is 0.0705. The Morgan fingerprint density at radius 3 is 2.39 bits per heavy atom. The predicted octanol–water partition coefficient (Wildman–Crippen LogP) is 3.28. The van der Waals surface area contributed by atoms with E-state index in [0.29, 0.717) is 22.1 Å². The topological polar surface area (TPSA) is 101 Å². The van der Waals surface area contributed by atoms with E-state index >= 15 is 0 Å². The van der Waals surface area contributed by atoms with Crippen LogP contribution in [0.4, 0.5) is 0 Å². The quantitative estimate of drug-likeness (QED) is 0.613. The molecule has 1 aromatic heterocycles. The summed E-state index contributed by atoms with van der Waals surface area (Å²) in [6.07, 6.45) is 0. The van der Waals surface area contributed by atoms with Crippen molar-refractivity contribution in [2.24, 2.45) is 5.73 Å². The summed E-state index contributed by atoms with van der Waals surface area (Å²) in [5, 5.41) is 2.31. The van der Waals surface area contributed by atoms with Crippen molar-refractivity contribution in [2.45, 2.75) is 6.61 Å². The first kappa shape index (κ1) is 19.4. The number of benzene rings is 2. The maximum absolute atomic E-state index is 12.3. The Morgan fingerprint density at radius 2 is 1.75 bits per heavy atom. The summed E-state index contributed by atoms with van der Waals surface area (Å²) >= 11 is 1.33. The Hall–Kier alpha value is -3.39. The van der Waals surface area contributed by atoms with Crippen molar-refractivity contribution >= 4 is 23.2 Å². The lowest BCUT2D eigenvalue weighted by molar-refractivity contribution is 0.0466. The fourth-order valence-electron chi connectivity index (χ4n) is 2.46. The third-order valence-corrected chi connectivity index (χ3v) is 4.84. The molecule has 3 aromatic rings. The van der Waals surface area contributed by atoms with Crippen LogP contribution < -0.4 is 15.2 Å². The lowest BCUT2D eigenvalue weighted by Gasteiger charge is -2.08. The molecule has 0 fully saturated rings. The monoisotopic (exact) mass is 398 g/mol. The molecule has 0 spiro atoms. The summed E-state index contributed by atoms with van der Waals surface area (Å²) in [4.78, 5) is 27.7. The molecular formula is C20H18N2O5S. The molecular weight excluding hydrogens is 380 g/mol. The number of carbonyl (C=O) groups excluding carboxylic acids is 2. The number of thiazole rings is 1. The van der Waals surface area contributed by atoms with Crippen molar-refractivity contribution in [3.63, 3.8) is 0 Å². The molecule has 28 heavy (non-hydrogen) atoms. The fourth-order valence-corrected chi connectivity index (χ4v) is 3.24. The number of amides is 1. The molecule has 0 aliphatic rings. The molecule has 1 amide bonds. The Labute approximate surface area is 165 Å². The lowest BCUT2D eigenvalue weighted by Crippen LogP contribution is -2.11. The standard InChI is InChI=1S/C20H18N2O5S/c1-25-16-8-7-14(9-17(16)26-2)19-22-15(11-28-19)20(24)27-10-12-3-5-13(6-4-12)18(21)23/h3-9,11H,10H2,1-2H3,(H2,21,23). The largest absolute Gasteiger partial charge is 0.493 e. The van der Waals surface area contributed by atoms with Gasteiger partial charge in [-0.05, 0) is 35.9 Å². The van der Waals surface area contributed by atoms with Crippen molar-refractivity contribution < 1.29 is 23.8 Å². The van der Waals surface area contributed by atoms with Crippen LogP contribution in [0.25, 0.3) is 10.6 Å². The molecule has 1 heterocycles. The van der Waals surface area contributed by atoms with Crippen LogP contribution in [-0.2, 0) is 11.3 Å². The summed E-state index contributed by atoms with van der Waals surface area (Å²) in [7, 11) is 3.12. The Balaban J connectivity index is 1.68.